The Balaban J connectivity index is 1.42. The van der Waals surface area contributed by atoms with E-state index in [-0.39, 0.29) is 0 Å². The predicted molar refractivity (Wildman–Crippen MR) is 73.8 cm³/mol. The second-order valence-electron chi connectivity index (χ2n) is 5.15. The maximum atomic E-state index is 9.93. The predicted octanol–water partition coefficient (Wildman–Crippen LogP) is 1.39. The Morgan fingerprint density at radius 1 is 1.32 bits per heavy atom. The molecule has 19 heavy (non-hydrogen) atoms. The quantitative estimate of drug-likeness (QED) is 0.822. The molecule has 0 saturated heterocycles. The van der Waals surface area contributed by atoms with Crippen molar-refractivity contribution in [3.8, 4) is 0 Å². The van der Waals surface area contributed by atoms with Crippen molar-refractivity contribution in [3.05, 3.63) is 54.4 Å². The van der Waals surface area contributed by atoms with E-state index >= 15 is 0 Å². The Hall–Kier alpha value is -1.65. The highest BCUT2D eigenvalue weighted by atomic mass is 16.3. The number of hydrogen-bond donors (Lipinski definition) is 2. The van der Waals surface area contributed by atoms with E-state index in [2.05, 4.69) is 34.7 Å². The SMILES string of the molecule is OC(CNC1CC1c1ccccc1)Cn1cccn1. The molecule has 3 unspecified atom stereocenters. The van der Waals surface area contributed by atoms with Gasteiger partial charge in [-0.1, -0.05) is 30.3 Å². The molecule has 0 spiro atoms. The number of aliphatic hydroxyl groups excluding tert-OH is 1. The van der Waals surface area contributed by atoms with Gasteiger partial charge in [-0.2, -0.15) is 5.10 Å². The summed E-state index contributed by atoms with van der Waals surface area (Å²) in [4.78, 5) is 0. The summed E-state index contributed by atoms with van der Waals surface area (Å²) in [7, 11) is 0. The first-order valence-corrected chi connectivity index (χ1v) is 6.77. The minimum absolute atomic E-state index is 0.392. The standard InChI is InChI=1S/C15H19N3O/c19-13(11-18-8-4-7-17-18)10-16-15-9-14(15)12-5-2-1-3-6-12/h1-8,13-16,19H,9-11H2. The van der Waals surface area contributed by atoms with Gasteiger partial charge in [0.2, 0.25) is 0 Å². The molecule has 2 N–H and O–H groups in total. The molecule has 1 heterocycles. The van der Waals surface area contributed by atoms with Crippen LogP contribution in [0.15, 0.2) is 48.8 Å². The van der Waals surface area contributed by atoms with Gasteiger partial charge in [0.1, 0.15) is 0 Å². The Morgan fingerprint density at radius 3 is 2.89 bits per heavy atom. The van der Waals surface area contributed by atoms with Crippen molar-refractivity contribution in [2.75, 3.05) is 6.54 Å². The third kappa shape index (κ3) is 3.22. The van der Waals surface area contributed by atoms with E-state index in [1.165, 1.54) is 12.0 Å². The highest BCUT2D eigenvalue weighted by Gasteiger charge is 2.37. The molecule has 0 aliphatic heterocycles. The van der Waals surface area contributed by atoms with Crippen LogP contribution in [0.1, 0.15) is 17.9 Å². The molecular formula is C15H19N3O. The highest BCUT2D eigenvalue weighted by molar-refractivity contribution is 5.27. The van der Waals surface area contributed by atoms with Crippen molar-refractivity contribution in [1.29, 1.82) is 0 Å². The van der Waals surface area contributed by atoms with Crippen LogP contribution in [0, 0.1) is 0 Å². The molecule has 0 bridgehead atoms. The van der Waals surface area contributed by atoms with Crippen LogP contribution < -0.4 is 5.32 Å². The summed E-state index contributed by atoms with van der Waals surface area (Å²) in [6, 6.07) is 12.9. The second kappa shape index (κ2) is 5.55. The number of benzene rings is 1. The van der Waals surface area contributed by atoms with Crippen LogP contribution in [-0.4, -0.2) is 33.6 Å². The van der Waals surface area contributed by atoms with E-state index in [4.69, 9.17) is 0 Å². The van der Waals surface area contributed by atoms with E-state index in [0.29, 0.717) is 25.0 Å². The molecule has 0 radical (unpaired) electrons. The van der Waals surface area contributed by atoms with Crippen molar-refractivity contribution in [2.24, 2.45) is 0 Å². The molecule has 1 aliphatic carbocycles. The molecule has 1 aromatic heterocycles. The zero-order valence-corrected chi connectivity index (χ0v) is 10.8. The van der Waals surface area contributed by atoms with Crippen molar-refractivity contribution >= 4 is 0 Å². The molecule has 3 rings (SSSR count). The van der Waals surface area contributed by atoms with Crippen molar-refractivity contribution < 1.29 is 5.11 Å². The van der Waals surface area contributed by atoms with Crippen LogP contribution in [-0.2, 0) is 6.54 Å². The maximum absolute atomic E-state index is 9.93. The summed E-state index contributed by atoms with van der Waals surface area (Å²) in [6.45, 7) is 1.16. The van der Waals surface area contributed by atoms with E-state index in [1.54, 1.807) is 10.9 Å². The van der Waals surface area contributed by atoms with Gasteiger partial charge in [-0.25, -0.2) is 0 Å². The van der Waals surface area contributed by atoms with Crippen LogP contribution in [0.5, 0.6) is 0 Å². The van der Waals surface area contributed by atoms with Gasteiger partial charge in [-0.3, -0.25) is 4.68 Å². The summed E-state index contributed by atoms with van der Waals surface area (Å²) in [5.74, 6) is 0.609. The van der Waals surface area contributed by atoms with Crippen LogP contribution in [0.2, 0.25) is 0 Å². The van der Waals surface area contributed by atoms with Gasteiger partial charge < -0.3 is 10.4 Å². The maximum Gasteiger partial charge on any atom is 0.0860 e. The highest BCUT2D eigenvalue weighted by Crippen LogP contribution is 2.40. The zero-order valence-electron chi connectivity index (χ0n) is 10.8. The Labute approximate surface area is 113 Å². The van der Waals surface area contributed by atoms with E-state index < -0.39 is 6.10 Å². The lowest BCUT2D eigenvalue weighted by Gasteiger charge is -2.12. The lowest BCUT2D eigenvalue weighted by molar-refractivity contribution is 0.146. The van der Waals surface area contributed by atoms with Gasteiger partial charge in [-0.15, -0.1) is 0 Å². The minimum Gasteiger partial charge on any atom is -0.390 e. The number of aliphatic hydroxyl groups is 1. The summed E-state index contributed by atoms with van der Waals surface area (Å²) in [5.41, 5.74) is 1.39. The lowest BCUT2D eigenvalue weighted by Crippen LogP contribution is -2.32. The molecular weight excluding hydrogens is 238 g/mol. The first-order valence-electron chi connectivity index (χ1n) is 6.77. The van der Waals surface area contributed by atoms with Gasteiger partial charge in [0.05, 0.1) is 12.6 Å². The molecule has 1 aliphatic rings. The molecule has 1 aromatic carbocycles. The third-order valence-corrected chi connectivity index (χ3v) is 3.59. The Bertz CT molecular complexity index is 497. The molecule has 1 saturated carbocycles. The fourth-order valence-corrected chi connectivity index (χ4v) is 2.47. The number of aromatic nitrogens is 2. The monoisotopic (exact) mass is 257 g/mol. The van der Waals surface area contributed by atoms with Gasteiger partial charge in [0.15, 0.2) is 0 Å². The molecule has 3 atom stereocenters. The van der Waals surface area contributed by atoms with Crippen molar-refractivity contribution in [3.63, 3.8) is 0 Å². The Morgan fingerprint density at radius 2 is 2.16 bits per heavy atom. The Kier molecular flexibility index (Phi) is 3.62. The van der Waals surface area contributed by atoms with E-state index in [9.17, 15) is 5.11 Å². The first-order chi connectivity index (χ1) is 9.33. The second-order valence-corrected chi connectivity index (χ2v) is 5.15. The summed E-state index contributed by atoms with van der Waals surface area (Å²) < 4.78 is 1.76. The number of nitrogens with zero attached hydrogens (tertiary/aromatic N) is 2. The van der Waals surface area contributed by atoms with Gasteiger partial charge in [-0.05, 0) is 18.1 Å². The van der Waals surface area contributed by atoms with Crippen molar-refractivity contribution in [2.45, 2.75) is 31.0 Å². The first kappa shape index (κ1) is 12.4. The van der Waals surface area contributed by atoms with Crippen LogP contribution in [0.25, 0.3) is 0 Å². The van der Waals surface area contributed by atoms with Crippen LogP contribution >= 0.6 is 0 Å². The zero-order chi connectivity index (χ0) is 13.1. The van der Waals surface area contributed by atoms with Crippen LogP contribution in [0.3, 0.4) is 0 Å². The number of nitrogens with one attached hydrogen (secondary N) is 1. The summed E-state index contributed by atoms with van der Waals surface area (Å²) in [6.07, 6.45) is 4.37. The lowest BCUT2D eigenvalue weighted by atomic mass is 10.1. The average molecular weight is 257 g/mol. The van der Waals surface area contributed by atoms with Gasteiger partial charge in [0, 0.05) is 30.9 Å². The molecule has 2 aromatic rings. The minimum atomic E-state index is -0.392. The third-order valence-electron chi connectivity index (χ3n) is 3.59. The molecule has 0 amide bonds. The fraction of sp³-hybridized carbons (Fsp3) is 0.400. The van der Waals surface area contributed by atoms with Gasteiger partial charge >= 0.3 is 0 Å². The smallest absolute Gasteiger partial charge is 0.0860 e. The summed E-state index contributed by atoms with van der Waals surface area (Å²) >= 11 is 0. The number of rotatable bonds is 6. The van der Waals surface area contributed by atoms with E-state index in [0.717, 1.165) is 0 Å². The average Bonchev–Trinajstić information content (AvgIpc) is 3.05. The van der Waals surface area contributed by atoms with Crippen LogP contribution in [0.4, 0.5) is 0 Å². The van der Waals surface area contributed by atoms with Crippen molar-refractivity contribution in [1.82, 2.24) is 15.1 Å². The topological polar surface area (TPSA) is 50.1 Å². The number of hydrogen-bond acceptors (Lipinski definition) is 3. The largest absolute Gasteiger partial charge is 0.390 e. The molecule has 100 valence electrons. The van der Waals surface area contributed by atoms with Gasteiger partial charge in [0.25, 0.3) is 0 Å². The molecule has 4 heteroatoms. The van der Waals surface area contributed by atoms with E-state index in [1.807, 2.05) is 18.3 Å². The molecule has 1 fully saturated rings. The summed E-state index contributed by atoms with van der Waals surface area (Å²) in [5, 5.41) is 17.4. The molecule has 4 nitrogen and oxygen atoms in total. The normalized spacial score (nSPS) is 23.2. The fourth-order valence-electron chi connectivity index (χ4n) is 2.47.